The Hall–Kier alpha value is -1.91. The third kappa shape index (κ3) is 3.30. The summed E-state index contributed by atoms with van der Waals surface area (Å²) in [6.07, 6.45) is 2.85. The van der Waals surface area contributed by atoms with Gasteiger partial charge in [0, 0.05) is 0 Å². The fourth-order valence-corrected chi connectivity index (χ4v) is 2.49. The maximum absolute atomic E-state index is 11.8. The molecule has 1 aromatic carbocycles. The third-order valence-corrected chi connectivity index (χ3v) is 3.67. The number of rotatable bonds is 4. The highest BCUT2D eigenvalue weighted by atomic mass is 35.5. The predicted molar refractivity (Wildman–Crippen MR) is 76.1 cm³/mol. The van der Waals surface area contributed by atoms with E-state index in [0.29, 0.717) is 14.8 Å². The molecule has 0 radical (unpaired) electrons. The maximum atomic E-state index is 11.8. The summed E-state index contributed by atoms with van der Waals surface area (Å²) in [5, 5.41) is 9.02. The number of hydrogen-bond acceptors (Lipinski definition) is 3. The lowest BCUT2D eigenvalue weighted by molar-refractivity contribution is 0.0696. The summed E-state index contributed by atoms with van der Waals surface area (Å²) in [6, 6.07) is 9.80. The molecule has 0 aliphatic heterocycles. The van der Waals surface area contributed by atoms with Crippen molar-refractivity contribution >= 4 is 40.8 Å². The molecule has 2 rings (SSSR count). The second kappa shape index (κ2) is 5.82. The van der Waals surface area contributed by atoms with Crippen molar-refractivity contribution in [1.29, 1.82) is 0 Å². The number of aromatic carboxylic acids is 1. The van der Waals surface area contributed by atoms with Crippen LogP contribution in [0.2, 0.25) is 4.34 Å². The summed E-state index contributed by atoms with van der Waals surface area (Å²) in [6.45, 7) is 0. The minimum atomic E-state index is -1.02. The number of ketones is 1. The Morgan fingerprint density at radius 3 is 2.53 bits per heavy atom. The molecular formula is C14H9ClO3S. The van der Waals surface area contributed by atoms with Crippen LogP contribution in [0, 0.1) is 0 Å². The Kier molecular flexibility index (Phi) is 4.14. The smallest absolute Gasteiger partial charge is 0.336 e. The van der Waals surface area contributed by atoms with Crippen LogP contribution in [0.5, 0.6) is 0 Å². The predicted octanol–water partition coefficient (Wildman–Crippen LogP) is 4.00. The van der Waals surface area contributed by atoms with Gasteiger partial charge in [0.05, 0.1) is 14.8 Å². The van der Waals surface area contributed by atoms with Gasteiger partial charge in [-0.15, -0.1) is 11.3 Å². The molecule has 1 heterocycles. The van der Waals surface area contributed by atoms with Crippen molar-refractivity contribution in [2.45, 2.75) is 0 Å². The summed E-state index contributed by atoms with van der Waals surface area (Å²) < 4.78 is 0.544. The van der Waals surface area contributed by atoms with Crippen LogP contribution in [0.15, 0.2) is 42.5 Å². The molecule has 0 fully saturated rings. The van der Waals surface area contributed by atoms with Crippen molar-refractivity contribution in [1.82, 2.24) is 0 Å². The maximum Gasteiger partial charge on any atom is 0.336 e. The number of hydrogen-bond donors (Lipinski definition) is 1. The Balaban J connectivity index is 2.24. The molecule has 1 N–H and O–H groups in total. The molecular weight excluding hydrogens is 284 g/mol. The zero-order valence-corrected chi connectivity index (χ0v) is 11.2. The van der Waals surface area contributed by atoms with Crippen LogP contribution in [0.1, 0.15) is 25.6 Å². The van der Waals surface area contributed by atoms with Crippen molar-refractivity contribution in [3.05, 3.63) is 62.8 Å². The van der Waals surface area contributed by atoms with Crippen molar-refractivity contribution in [2.24, 2.45) is 0 Å². The van der Waals surface area contributed by atoms with Gasteiger partial charge in [0.15, 0.2) is 5.78 Å². The van der Waals surface area contributed by atoms with Crippen LogP contribution < -0.4 is 0 Å². The van der Waals surface area contributed by atoms with E-state index in [4.69, 9.17) is 16.7 Å². The molecule has 2 aromatic rings. The number of carboxylic acid groups (broad SMARTS) is 1. The molecule has 19 heavy (non-hydrogen) atoms. The van der Waals surface area contributed by atoms with Crippen LogP contribution in [0.3, 0.4) is 0 Å². The number of halogens is 1. The van der Waals surface area contributed by atoms with Crippen LogP contribution in [0.4, 0.5) is 0 Å². The van der Waals surface area contributed by atoms with Gasteiger partial charge in [0.2, 0.25) is 0 Å². The highest BCUT2D eigenvalue weighted by Gasteiger charge is 2.08. The van der Waals surface area contributed by atoms with Gasteiger partial charge >= 0.3 is 5.97 Å². The number of benzene rings is 1. The number of carbonyl (C=O) groups is 2. The van der Waals surface area contributed by atoms with Gasteiger partial charge in [0.1, 0.15) is 0 Å². The molecule has 0 aliphatic carbocycles. The average molecular weight is 293 g/mol. The second-order valence-electron chi connectivity index (χ2n) is 3.69. The molecule has 1 aromatic heterocycles. The van der Waals surface area contributed by atoms with Crippen molar-refractivity contribution in [3.8, 4) is 0 Å². The molecule has 0 saturated carbocycles. The first-order valence-corrected chi connectivity index (χ1v) is 6.57. The fraction of sp³-hybridized carbons (Fsp3) is 0. The monoisotopic (exact) mass is 292 g/mol. The molecule has 0 unspecified atom stereocenters. The summed E-state index contributed by atoms with van der Waals surface area (Å²) in [4.78, 5) is 23.4. The van der Waals surface area contributed by atoms with E-state index in [2.05, 4.69) is 0 Å². The van der Waals surface area contributed by atoms with Crippen LogP contribution >= 0.6 is 22.9 Å². The molecule has 0 spiro atoms. The van der Waals surface area contributed by atoms with Gasteiger partial charge < -0.3 is 5.11 Å². The zero-order chi connectivity index (χ0) is 13.8. The van der Waals surface area contributed by atoms with Gasteiger partial charge in [-0.1, -0.05) is 35.9 Å². The first kappa shape index (κ1) is 13.5. The second-order valence-corrected chi connectivity index (χ2v) is 5.41. The van der Waals surface area contributed by atoms with Crippen LogP contribution in [0.25, 0.3) is 6.08 Å². The minimum absolute atomic E-state index is 0.163. The summed E-state index contributed by atoms with van der Waals surface area (Å²) in [5.74, 6) is -1.22. The van der Waals surface area contributed by atoms with Crippen LogP contribution in [-0.2, 0) is 0 Å². The quantitative estimate of drug-likeness (QED) is 0.684. The Bertz CT molecular complexity index is 658. The third-order valence-electron chi connectivity index (χ3n) is 2.42. The average Bonchev–Trinajstić information content (AvgIpc) is 2.83. The summed E-state index contributed by atoms with van der Waals surface area (Å²) in [5.41, 5.74) is 0.654. The van der Waals surface area contributed by atoms with E-state index >= 15 is 0 Å². The van der Waals surface area contributed by atoms with Gasteiger partial charge in [-0.3, -0.25) is 4.79 Å². The lowest BCUT2D eigenvalue weighted by Crippen LogP contribution is -1.99. The van der Waals surface area contributed by atoms with E-state index in [1.54, 1.807) is 30.3 Å². The molecule has 0 aliphatic rings. The Morgan fingerprint density at radius 1 is 1.16 bits per heavy atom. The summed E-state index contributed by atoms with van der Waals surface area (Å²) >= 11 is 6.94. The zero-order valence-electron chi connectivity index (χ0n) is 9.67. The number of carboxylic acids is 1. The SMILES string of the molecule is O=C(/C=C/c1ccccc1C(=O)O)c1ccc(Cl)s1. The minimum Gasteiger partial charge on any atom is -0.478 e. The van der Waals surface area contributed by atoms with Crippen LogP contribution in [-0.4, -0.2) is 16.9 Å². The van der Waals surface area contributed by atoms with E-state index < -0.39 is 5.97 Å². The standard InChI is InChI=1S/C14H9ClO3S/c15-13-8-7-12(19-13)11(16)6-5-9-3-1-2-4-10(9)14(17)18/h1-8H,(H,17,18)/b6-5+. The van der Waals surface area contributed by atoms with Crippen molar-refractivity contribution in [3.63, 3.8) is 0 Å². The van der Waals surface area contributed by atoms with Crippen molar-refractivity contribution in [2.75, 3.05) is 0 Å². The molecule has 5 heteroatoms. The highest BCUT2D eigenvalue weighted by Crippen LogP contribution is 2.22. The van der Waals surface area contributed by atoms with E-state index in [0.717, 1.165) is 0 Å². The van der Waals surface area contributed by atoms with Gasteiger partial charge in [0.25, 0.3) is 0 Å². The van der Waals surface area contributed by atoms with Gasteiger partial charge in [-0.05, 0) is 29.8 Å². The fourth-order valence-electron chi connectivity index (χ4n) is 1.53. The summed E-state index contributed by atoms with van der Waals surface area (Å²) in [7, 11) is 0. The number of allylic oxidation sites excluding steroid dienone is 1. The molecule has 0 amide bonds. The first-order chi connectivity index (χ1) is 9.08. The largest absolute Gasteiger partial charge is 0.478 e. The lowest BCUT2D eigenvalue weighted by Gasteiger charge is -1.99. The Morgan fingerprint density at radius 2 is 1.89 bits per heavy atom. The lowest BCUT2D eigenvalue weighted by atomic mass is 10.1. The molecule has 96 valence electrons. The molecule has 0 saturated heterocycles. The van der Waals surface area contributed by atoms with E-state index in [9.17, 15) is 9.59 Å². The number of thiophene rings is 1. The Labute approximate surface area is 118 Å². The van der Waals surface area contributed by atoms with E-state index in [1.807, 2.05) is 0 Å². The molecule has 0 bridgehead atoms. The van der Waals surface area contributed by atoms with Gasteiger partial charge in [-0.25, -0.2) is 4.79 Å². The highest BCUT2D eigenvalue weighted by molar-refractivity contribution is 7.18. The molecule has 0 atom stereocenters. The van der Waals surface area contributed by atoms with Crippen molar-refractivity contribution < 1.29 is 14.7 Å². The normalized spacial score (nSPS) is 10.8. The number of carbonyl (C=O) groups excluding carboxylic acids is 1. The van der Waals surface area contributed by atoms with E-state index in [1.165, 1.54) is 29.6 Å². The first-order valence-electron chi connectivity index (χ1n) is 5.38. The van der Waals surface area contributed by atoms with E-state index in [-0.39, 0.29) is 11.3 Å². The van der Waals surface area contributed by atoms with Gasteiger partial charge in [-0.2, -0.15) is 0 Å². The topological polar surface area (TPSA) is 54.4 Å². The molecule has 3 nitrogen and oxygen atoms in total.